The number of carbonyl (C=O) groups excluding carboxylic acids is 1. The van der Waals surface area contributed by atoms with Crippen molar-refractivity contribution >= 4 is 5.91 Å². The number of likely N-dealkylation sites (tertiary alicyclic amines) is 1. The number of carbonyl (C=O) groups is 1. The van der Waals surface area contributed by atoms with E-state index in [9.17, 15) is 4.79 Å². The second kappa shape index (κ2) is 5.69. The molecule has 0 spiro atoms. The zero-order valence-electron chi connectivity index (χ0n) is 12.1. The molecule has 2 aromatic rings. The van der Waals surface area contributed by atoms with Crippen molar-refractivity contribution in [1.82, 2.24) is 14.7 Å². The highest BCUT2D eigenvalue weighted by Gasteiger charge is 2.32. The van der Waals surface area contributed by atoms with E-state index in [1.807, 2.05) is 41.4 Å². The Balaban J connectivity index is 1.84. The predicted molar refractivity (Wildman–Crippen MR) is 81.2 cm³/mol. The molecule has 2 N–H and O–H groups in total. The highest BCUT2D eigenvalue weighted by Crippen LogP contribution is 2.24. The fraction of sp³-hybridized carbons (Fsp3) is 0.375. The van der Waals surface area contributed by atoms with Crippen LogP contribution in [0.15, 0.2) is 42.7 Å². The van der Waals surface area contributed by atoms with Crippen molar-refractivity contribution in [2.45, 2.75) is 19.4 Å². The van der Waals surface area contributed by atoms with E-state index < -0.39 is 0 Å². The first-order valence-corrected chi connectivity index (χ1v) is 7.30. The molecule has 0 bridgehead atoms. The molecule has 1 aliphatic rings. The van der Waals surface area contributed by atoms with E-state index in [1.54, 1.807) is 10.9 Å². The van der Waals surface area contributed by atoms with Gasteiger partial charge in [-0.15, -0.1) is 0 Å². The molecule has 0 aliphatic carbocycles. The van der Waals surface area contributed by atoms with E-state index in [4.69, 9.17) is 5.73 Å². The smallest absolute Gasteiger partial charge is 0.254 e. The lowest BCUT2D eigenvalue weighted by molar-refractivity contribution is 0.0743. The molecular formula is C16H20N4O. The van der Waals surface area contributed by atoms with Crippen molar-refractivity contribution in [1.29, 1.82) is 0 Å². The Hall–Kier alpha value is -2.14. The number of benzene rings is 1. The minimum atomic E-state index is 0.0763. The van der Waals surface area contributed by atoms with Gasteiger partial charge < -0.3 is 10.6 Å². The summed E-state index contributed by atoms with van der Waals surface area (Å²) in [5, 5.41) is 4.20. The Morgan fingerprint density at radius 1 is 1.43 bits per heavy atom. The maximum absolute atomic E-state index is 12.7. The molecule has 3 rings (SSSR count). The average molecular weight is 284 g/mol. The molecule has 1 aromatic heterocycles. The topological polar surface area (TPSA) is 64.2 Å². The molecule has 2 unspecified atom stereocenters. The summed E-state index contributed by atoms with van der Waals surface area (Å²) in [5.74, 6) is 0.491. The zero-order valence-corrected chi connectivity index (χ0v) is 12.1. The molecule has 1 amide bonds. The largest absolute Gasteiger partial charge is 0.336 e. The third kappa shape index (κ3) is 2.69. The number of amides is 1. The van der Waals surface area contributed by atoms with Crippen molar-refractivity contribution in [3.63, 3.8) is 0 Å². The standard InChI is InChI=1S/C16H20N4O/c1-12-8-13(10-17)11-19(12)16(21)14-4-2-5-15(9-14)20-7-3-6-18-20/h2-7,9,12-13H,8,10-11,17H2,1H3. The Morgan fingerprint density at radius 3 is 2.95 bits per heavy atom. The van der Waals surface area contributed by atoms with Crippen LogP contribution in [0.25, 0.3) is 5.69 Å². The Morgan fingerprint density at radius 2 is 2.29 bits per heavy atom. The van der Waals surface area contributed by atoms with Gasteiger partial charge in [0.05, 0.1) is 5.69 Å². The molecule has 0 saturated carbocycles. The number of nitrogens with two attached hydrogens (primary N) is 1. The van der Waals surface area contributed by atoms with Crippen molar-refractivity contribution in [3.05, 3.63) is 48.3 Å². The molecule has 21 heavy (non-hydrogen) atoms. The maximum atomic E-state index is 12.7. The van der Waals surface area contributed by atoms with E-state index in [0.29, 0.717) is 18.0 Å². The van der Waals surface area contributed by atoms with Crippen LogP contribution in [0.2, 0.25) is 0 Å². The number of rotatable bonds is 3. The highest BCUT2D eigenvalue weighted by molar-refractivity contribution is 5.95. The number of aromatic nitrogens is 2. The minimum Gasteiger partial charge on any atom is -0.336 e. The van der Waals surface area contributed by atoms with Crippen LogP contribution in [0.5, 0.6) is 0 Å². The SMILES string of the molecule is CC1CC(CN)CN1C(=O)c1cccc(-n2cccn2)c1. The van der Waals surface area contributed by atoms with Crippen LogP contribution < -0.4 is 5.73 Å². The van der Waals surface area contributed by atoms with Gasteiger partial charge in [-0.2, -0.15) is 5.10 Å². The van der Waals surface area contributed by atoms with Gasteiger partial charge in [-0.3, -0.25) is 4.79 Å². The predicted octanol–water partition coefficient (Wildman–Crippen LogP) is 1.68. The molecule has 110 valence electrons. The molecule has 5 nitrogen and oxygen atoms in total. The van der Waals surface area contributed by atoms with E-state index in [2.05, 4.69) is 12.0 Å². The van der Waals surface area contributed by atoms with Gasteiger partial charge in [-0.25, -0.2) is 4.68 Å². The van der Waals surface area contributed by atoms with E-state index in [0.717, 1.165) is 18.7 Å². The minimum absolute atomic E-state index is 0.0763. The summed E-state index contributed by atoms with van der Waals surface area (Å²) in [5.41, 5.74) is 7.33. The average Bonchev–Trinajstić information content (AvgIpc) is 3.16. The molecule has 1 saturated heterocycles. The first-order valence-electron chi connectivity index (χ1n) is 7.30. The summed E-state index contributed by atoms with van der Waals surface area (Å²) in [4.78, 5) is 14.6. The van der Waals surface area contributed by atoms with Gasteiger partial charge >= 0.3 is 0 Å². The third-order valence-electron chi connectivity index (χ3n) is 4.12. The third-order valence-corrected chi connectivity index (χ3v) is 4.12. The Bertz CT molecular complexity index is 623. The molecule has 2 atom stereocenters. The summed E-state index contributed by atoms with van der Waals surface area (Å²) >= 11 is 0. The Kier molecular flexibility index (Phi) is 3.75. The second-order valence-electron chi connectivity index (χ2n) is 5.64. The van der Waals surface area contributed by atoms with Gasteiger partial charge in [0.1, 0.15) is 0 Å². The van der Waals surface area contributed by atoms with Crippen LogP contribution in [0.3, 0.4) is 0 Å². The molecular weight excluding hydrogens is 264 g/mol. The summed E-state index contributed by atoms with van der Waals surface area (Å²) in [6.45, 7) is 3.48. The first-order chi connectivity index (χ1) is 10.2. The zero-order chi connectivity index (χ0) is 14.8. The molecule has 0 radical (unpaired) electrons. The molecule has 5 heteroatoms. The first kappa shape index (κ1) is 13.8. The van der Waals surface area contributed by atoms with Crippen LogP contribution in [-0.4, -0.2) is 39.7 Å². The molecule has 1 aromatic carbocycles. The normalized spacial score (nSPS) is 21.7. The fourth-order valence-corrected chi connectivity index (χ4v) is 2.96. The summed E-state index contributed by atoms with van der Waals surface area (Å²) in [7, 11) is 0. The Labute approximate surface area is 124 Å². The second-order valence-corrected chi connectivity index (χ2v) is 5.64. The van der Waals surface area contributed by atoms with Gasteiger partial charge in [0.15, 0.2) is 0 Å². The monoisotopic (exact) mass is 284 g/mol. The quantitative estimate of drug-likeness (QED) is 0.932. The van der Waals surface area contributed by atoms with Crippen LogP contribution in [0.4, 0.5) is 0 Å². The maximum Gasteiger partial charge on any atom is 0.254 e. The lowest BCUT2D eigenvalue weighted by Crippen LogP contribution is -2.34. The fourth-order valence-electron chi connectivity index (χ4n) is 2.96. The molecule has 1 aliphatic heterocycles. The number of hydrogen-bond acceptors (Lipinski definition) is 3. The van der Waals surface area contributed by atoms with Gasteiger partial charge in [0.25, 0.3) is 5.91 Å². The van der Waals surface area contributed by atoms with Gasteiger partial charge in [-0.1, -0.05) is 6.07 Å². The van der Waals surface area contributed by atoms with Gasteiger partial charge in [-0.05, 0) is 50.1 Å². The van der Waals surface area contributed by atoms with Crippen molar-refractivity contribution in [2.75, 3.05) is 13.1 Å². The van der Waals surface area contributed by atoms with Crippen LogP contribution in [0, 0.1) is 5.92 Å². The van der Waals surface area contributed by atoms with Gasteiger partial charge in [0.2, 0.25) is 0 Å². The lowest BCUT2D eigenvalue weighted by Gasteiger charge is -2.21. The summed E-state index contributed by atoms with van der Waals surface area (Å²) in [6.07, 6.45) is 4.58. The van der Waals surface area contributed by atoms with Crippen LogP contribution in [0.1, 0.15) is 23.7 Å². The molecule has 2 heterocycles. The number of hydrogen-bond donors (Lipinski definition) is 1. The van der Waals surface area contributed by atoms with E-state index >= 15 is 0 Å². The summed E-state index contributed by atoms with van der Waals surface area (Å²) < 4.78 is 1.76. The highest BCUT2D eigenvalue weighted by atomic mass is 16.2. The van der Waals surface area contributed by atoms with E-state index in [1.165, 1.54) is 0 Å². The van der Waals surface area contributed by atoms with Crippen LogP contribution in [-0.2, 0) is 0 Å². The lowest BCUT2D eigenvalue weighted by atomic mass is 10.1. The van der Waals surface area contributed by atoms with E-state index in [-0.39, 0.29) is 11.9 Å². The molecule has 1 fully saturated rings. The van der Waals surface area contributed by atoms with Crippen molar-refractivity contribution in [3.8, 4) is 5.69 Å². The van der Waals surface area contributed by atoms with Gasteiger partial charge in [0, 0.05) is 30.5 Å². The van der Waals surface area contributed by atoms with Crippen molar-refractivity contribution < 1.29 is 4.79 Å². The number of nitrogens with zero attached hydrogens (tertiary/aromatic N) is 3. The van der Waals surface area contributed by atoms with Crippen molar-refractivity contribution in [2.24, 2.45) is 11.7 Å². The summed E-state index contributed by atoms with van der Waals surface area (Å²) in [6, 6.07) is 9.70. The van der Waals surface area contributed by atoms with Crippen LogP contribution >= 0.6 is 0 Å².